The molecule has 102 valence electrons. The Labute approximate surface area is 116 Å². The van der Waals surface area contributed by atoms with E-state index in [1.54, 1.807) is 25.3 Å². The fourth-order valence-electron chi connectivity index (χ4n) is 1.72. The normalized spacial score (nSPS) is 12.4. The molecule has 2 rings (SSSR count). The van der Waals surface area contributed by atoms with Gasteiger partial charge in [-0.1, -0.05) is 30.1 Å². The van der Waals surface area contributed by atoms with Gasteiger partial charge in [0.1, 0.15) is 11.9 Å². The molecule has 19 heavy (non-hydrogen) atoms. The lowest BCUT2D eigenvalue weighted by atomic mass is 10.2. The summed E-state index contributed by atoms with van der Waals surface area (Å²) in [6.45, 7) is 1.98. The summed E-state index contributed by atoms with van der Waals surface area (Å²) in [5, 5.41) is 14.2. The molecule has 1 unspecified atom stereocenters. The van der Waals surface area contributed by atoms with Gasteiger partial charge in [-0.15, -0.1) is 0 Å². The molecule has 0 radical (unpaired) electrons. The quantitative estimate of drug-likeness (QED) is 0.912. The van der Waals surface area contributed by atoms with E-state index in [9.17, 15) is 5.11 Å². The van der Waals surface area contributed by atoms with Gasteiger partial charge >= 0.3 is 0 Å². The Morgan fingerprint density at radius 2 is 2.26 bits per heavy atom. The summed E-state index contributed by atoms with van der Waals surface area (Å²) in [4.78, 5) is 4.19. The average Bonchev–Trinajstić information content (AvgIpc) is 2.88. The summed E-state index contributed by atoms with van der Waals surface area (Å²) in [6, 6.07) is 5.12. The van der Waals surface area contributed by atoms with Crippen LogP contribution in [0.3, 0.4) is 0 Å². The van der Waals surface area contributed by atoms with Gasteiger partial charge in [0, 0.05) is 5.02 Å². The number of aromatic nitrogens is 2. The molecule has 0 fully saturated rings. The Kier molecular flexibility index (Phi) is 4.39. The second-order valence-corrected chi connectivity index (χ2v) is 4.54. The highest BCUT2D eigenvalue weighted by molar-refractivity contribution is 6.30. The molecule has 0 aliphatic rings. The molecule has 0 aliphatic carbocycles. The molecule has 6 heteroatoms. The van der Waals surface area contributed by atoms with Crippen LogP contribution in [0.15, 0.2) is 22.7 Å². The summed E-state index contributed by atoms with van der Waals surface area (Å²) < 4.78 is 10.4. The number of aliphatic hydroxyl groups excluding tert-OH is 1. The molecule has 0 amide bonds. The number of halogens is 1. The van der Waals surface area contributed by atoms with Gasteiger partial charge in [0.15, 0.2) is 0 Å². The van der Waals surface area contributed by atoms with Gasteiger partial charge in [-0.25, -0.2) is 0 Å². The molecule has 5 nitrogen and oxygen atoms in total. The number of methoxy groups -OCH3 is 1. The predicted molar refractivity (Wildman–Crippen MR) is 71.2 cm³/mol. The van der Waals surface area contributed by atoms with E-state index < -0.39 is 6.10 Å². The van der Waals surface area contributed by atoms with Crippen molar-refractivity contribution in [1.82, 2.24) is 10.1 Å². The number of aliphatic hydroxyl groups is 1. The lowest BCUT2D eigenvalue weighted by Gasteiger charge is -2.04. The number of nitrogens with zero attached hydrogens (tertiary/aromatic N) is 2. The van der Waals surface area contributed by atoms with Gasteiger partial charge < -0.3 is 14.4 Å². The largest absolute Gasteiger partial charge is 0.496 e. The van der Waals surface area contributed by atoms with Gasteiger partial charge in [0.25, 0.3) is 5.89 Å². The van der Waals surface area contributed by atoms with E-state index >= 15 is 0 Å². The summed E-state index contributed by atoms with van der Waals surface area (Å²) >= 11 is 5.89. The molecule has 0 saturated carbocycles. The van der Waals surface area contributed by atoms with E-state index in [2.05, 4.69) is 10.1 Å². The highest BCUT2D eigenvalue weighted by Gasteiger charge is 2.18. The smallest absolute Gasteiger partial charge is 0.261 e. The van der Waals surface area contributed by atoms with E-state index in [0.717, 1.165) is 6.42 Å². The van der Waals surface area contributed by atoms with Crippen molar-refractivity contribution in [2.75, 3.05) is 7.11 Å². The summed E-state index contributed by atoms with van der Waals surface area (Å²) in [7, 11) is 1.54. The van der Waals surface area contributed by atoms with Crippen molar-refractivity contribution in [3.05, 3.63) is 29.0 Å². The van der Waals surface area contributed by atoms with E-state index in [1.165, 1.54) is 0 Å². The monoisotopic (exact) mass is 282 g/mol. The number of ether oxygens (including phenoxy) is 1. The molecule has 0 saturated heterocycles. The van der Waals surface area contributed by atoms with E-state index in [4.69, 9.17) is 20.9 Å². The SMILES string of the molecule is CCCC(O)c1noc(-c2ccc(Cl)cc2OC)n1. The Bertz CT molecular complexity index is 557. The van der Waals surface area contributed by atoms with Crippen molar-refractivity contribution < 1.29 is 14.4 Å². The van der Waals surface area contributed by atoms with Crippen molar-refractivity contribution in [3.8, 4) is 17.2 Å². The van der Waals surface area contributed by atoms with Crippen LogP contribution in [0, 0.1) is 0 Å². The van der Waals surface area contributed by atoms with Crippen LogP contribution in [0.2, 0.25) is 5.02 Å². The van der Waals surface area contributed by atoms with Gasteiger partial charge in [-0.05, 0) is 24.6 Å². The lowest BCUT2D eigenvalue weighted by molar-refractivity contribution is 0.153. The zero-order chi connectivity index (χ0) is 13.8. The minimum atomic E-state index is -0.708. The van der Waals surface area contributed by atoms with E-state index in [0.29, 0.717) is 28.6 Å². The van der Waals surface area contributed by atoms with Gasteiger partial charge in [-0.3, -0.25) is 0 Å². The van der Waals surface area contributed by atoms with Crippen molar-refractivity contribution >= 4 is 11.6 Å². The Hall–Kier alpha value is -1.59. The Morgan fingerprint density at radius 3 is 2.95 bits per heavy atom. The first-order valence-electron chi connectivity index (χ1n) is 6.01. The summed E-state index contributed by atoms with van der Waals surface area (Å²) in [5.41, 5.74) is 0.648. The number of rotatable bonds is 5. The molecule has 0 aliphatic heterocycles. The van der Waals surface area contributed by atoms with Crippen LogP contribution >= 0.6 is 11.6 Å². The van der Waals surface area contributed by atoms with E-state index in [1.807, 2.05) is 6.92 Å². The maximum Gasteiger partial charge on any atom is 0.261 e. The second kappa shape index (κ2) is 6.04. The zero-order valence-corrected chi connectivity index (χ0v) is 11.5. The minimum Gasteiger partial charge on any atom is -0.496 e. The number of benzene rings is 1. The average molecular weight is 283 g/mol. The first-order valence-corrected chi connectivity index (χ1v) is 6.39. The maximum atomic E-state index is 9.81. The molecule has 0 bridgehead atoms. The highest BCUT2D eigenvalue weighted by Crippen LogP contribution is 2.32. The van der Waals surface area contributed by atoms with Gasteiger partial charge in [0.05, 0.1) is 12.7 Å². The van der Waals surface area contributed by atoms with Crippen LogP contribution in [-0.4, -0.2) is 22.4 Å². The predicted octanol–water partition coefficient (Wildman–Crippen LogP) is 3.23. The number of hydrogen-bond acceptors (Lipinski definition) is 5. The first kappa shape index (κ1) is 13.8. The Morgan fingerprint density at radius 1 is 1.47 bits per heavy atom. The molecule has 1 N–H and O–H groups in total. The topological polar surface area (TPSA) is 68.4 Å². The fraction of sp³-hybridized carbons (Fsp3) is 0.385. The highest BCUT2D eigenvalue weighted by atomic mass is 35.5. The van der Waals surface area contributed by atoms with Crippen LogP contribution in [0.5, 0.6) is 5.75 Å². The molecule has 2 aromatic rings. The van der Waals surface area contributed by atoms with Crippen molar-refractivity contribution in [1.29, 1.82) is 0 Å². The van der Waals surface area contributed by atoms with Crippen LogP contribution in [0.1, 0.15) is 31.7 Å². The van der Waals surface area contributed by atoms with Gasteiger partial charge in [0.2, 0.25) is 5.82 Å². The standard InChI is InChI=1S/C13H15ClN2O3/c1-3-4-10(17)12-15-13(19-16-12)9-6-5-8(14)7-11(9)18-2/h5-7,10,17H,3-4H2,1-2H3. The molecule has 1 atom stereocenters. The molecule has 1 heterocycles. The zero-order valence-electron chi connectivity index (χ0n) is 10.8. The molecular weight excluding hydrogens is 268 g/mol. The third-order valence-corrected chi connectivity index (χ3v) is 2.93. The summed E-state index contributed by atoms with van der Waals surface area (Å²) in [6.07, 6.45) is 0.729. The molecular formula is C13H15ClN2O3. The van der Waals surface area contributed by atoms with Gasteiger partial charge in [-0.2, -0.15) is 4.98 Å². The van der Waals surface area contributed by atoms with E-state index in [-0.39, 0.29) is 5.82 Å². The van der Waals surface area contributed by atoms with Crippen molar-refractivity contribution in [2.24, 2.45) is 0 Å². The first-order chi connectivity index (χ1) is 9.15. The summed E-state index contributed by atoms with van der Waals surface area (Å²) in [5.74, 6) is 1.14. The third-order valence-electron chi connectivity index (χ3n) is 2.70. The van der Waals surface area contributed by atoms with Crippen LogP contribution in [0.4, 0.5) is 0 Å². The van der Waals surface area contributed by atoms with Crippen molar-refractivity contribution in [3.63, 3.8) is 0 Å². The second-order valence-electron chi connectivity index (χ2n) is 4.11. The Balaban J connectivity index is 2.32. The van der Waals surface area contributed by atoms with Crippen LogP contribution in [0.25, 0.3) is 11.5 Å². The minimum absolute atomic E-state index is 0.286. The molecule has 1 aromatic heterocycles. The third kappa shape index (κ3) is 3.05. The molecule has 1 aromatic carbocycles. The molecule has 0 spiro atoms. The fourth-order valence-corrected chi connectivity index (χ4v) is 1.89. The number of hydrogen-bond donors (Lipinski definition) is 1. The van der Waals surface area contributed by atoms with Crippen LogP contribution < -0.4 is 4.74 Å². The van der Waals surface area contributed by atoms with Crippen LogP contribution in [-0.2, 0) is 0 Å². The van der Waals surface area contributed by atoms with Crippen molar-refractivity contribution in [2.45, 2.75) is 25.9 Å². The lowest BCUT2D eigenvalue weighted by Crippen LogP contribution is -1.99. The maximum absolute atomic E-state index is 9.81.